The van der Waals surface area contributed by atoms with E-state index >= 15 is 0 Å². The molecule has 0 unspecified atom stereocenters. The summed E-state index contributed by atoms with van der Waals surface area (Å²) in [5.74, 6) is -1.15. The third kappa shape index (κ3) is 3.59. The van der Waals surface area contributed by atoms with Gasteiger partial charge in [-0.05, 0) is 38.3 Å². The van der Waals surface area contributed by atoms with Crippen molar-refractivity contribution < 1.29 is 14.7 Å². The number of aryl methyl sites for hydroxylation is 2. The molecule has 1 amide bonds. The molecule has 1 aromatic rings. The van der Waals surface area contributed by atoms with Crippen molar-refractivity contribution in [1.29, 1.82) is 0 Å². The number of carbonyl (C=O) groups is 2. The molecule has 0 aromatic heterocycles. The van der Waals surface area contributed by atoms with Crippen molar-refractivity contribution in [1.82, 2.24) is 0 Å². The Hall–Kier alpha value is -1.84. The van der Waals surface area contributed by atoms with Crippen molar-refractivity contribution >= 4 is 17.6 Å². The van der Waals surface area contributed by atoms with E-state index in [-0.39, 0.29) is 12.3 Å². The van der Waals surface area contributed by atoms with Crippen LogP contribution in [0.2, 0.25) is 0 Å². The summed E-state index contributed by atoms with van der Waals surface area (Å²) in [6.45, 7) is 7.53. The molecule has 1 aromatic carbocycles. The molecule has 0 aliphatic rings. The number of hydrogen-bond donors (Lipinski definition) is 2. The van der Waals surface area contributed by atoms with Crippen LogP contribution < -0.4 is 5.32 Å². The van der Waals surface area contributed by atoms with Crippen LogP contribution in [-0.4, -0.2) is 17.0 Å². The molecule has 0 saturated carbocycles. The van der Waals surface area contributed by atoms with Crippen LogP contribution in [0.4, 0.5) is 5.69 Å². The van der Waals surface area contributed by atoms with Crippen LogP contribution in [-0.2, 0) is 9.59 Å². The quantitative estimate of drug-likeness (QED) is 0.836. The standard InChI is InChI=1S/C16H23NO3/c1-5-16(6-2,15(19)20)10-14(18)17-13-8-7-11(3)9-12(13)4/h7-9H,5-6,10H2,1-4H3,(H,17,18)(H,19,20). The summed E-state index contributed by atoms with van der Waals surface area (Å²) in [6.07, 6.45) is 0.890. The average Bonchev–Trinajstić information content (AvgIpc) is 2.39. The van der Waals surface area contributed by atoms with Gasteiger partial charge < -0.3 is 10.4 Å². The lowest BCUT2D eigenvalue weighted by molar-refractivity contribution is -0.151. The predicted molar refractivity (Wildman–Crippen MR) is 79.8 cm³/mol. The van der Waals surface area contributed by atoms with Crippen molar-refractivity contribution in [3.8, 4) is 0 Å². The Labute approximate surface area is 120 Å². The smallest absolute Gasteiger partial charge is 0.310 e. The zero-order valence-electron chi connectivity index (χ0n) is 12.6. The second-order valence-electron chi connectivity index (χ2n) is 5.34. The second kappa shape index (κ2) is 6.55. The highest BCUT2D eigenvalue weighted by molar-refractivity contribution is 5.94. The topological polar surface area (TPSA) is 66.4 Å². The Kier molecular flexibility index (Phi) is 5.31. The van der Waals surface area contributed by atoms with Gasteiger partial charge in [0.1, 0.15) is 0 Å². The lowest BCUT2D eigenvalue weighted by Crippen LogP contribution is -2.34. The summed E-state index contributed by atoms with van der Waals surface area (Å²) in [6, 6.07) is 5.76. The lowest BCUT2D eigenvalue weighted by Gasteiger charge is -2.26. The number of carbonyl (C=O) groups excluding carboxylic acids is 1. The molecule has 0 radical (unpaired) electrons. The Morgan fingerprint density at radius 2 is 1.80 bits per heavy atom. The van der Waals surface area contributed by atoms with Crippen LogP contribution in [0, 0.1) is 19.3 Å². The maximum absolute atomic E-state index is 12.1. The van der Waals surface area contributed by atoms with Gasteiger partial charge in [-0.1, -0.05) is 31.5 Å². The Morgan fingerprint density at radius 3 is 2.25 bits per heavy atom. The highest BCUT2D eigenvalue weighted by atomic mass is 16.4. The maximum atomic E-state index is 12.1. The number of benzene rings is 1. The van der Waals surface area contributed by atoms with Crippen molar-refractivity contribution in [3.63, 3.8) is 0 Å². The summed E-state index contributed by atoms with van der Waals surface area (Å²) in [5.41, 5.74) is 1.88. The first kappa shape index (κ1) is 16.2. The summed E-state index contributed by atoms with van der Waals surface area (Å²) >= 11 is 0. The van der Waals surface area contributed by atoms with E-state index in [1.165, 1.54) is 0 Å². The maximum Gasteiger partial charge on any atom is 0.310 e. The molecule has 2 N–H and O–H groups in total. The highest BCUT2D eigenvalue weighted by Crippen LogP contribution is 2.31. The van der Waals surface area contributed by atoms with Crippen molar-refractivity contribution in [2.75, 3.05) is 5.32 Å². The summed E-state index contributed by atoms with van der Waals surface area (Å²) in [7, 11) is 0. The minimum Gasteiger partial charge on any atom is -0.481 e. The Balaban J connectivity index is 2.83. The van der Waals surface area contributed by atoms with Crippen LogP contribution in [0.3, 0.4) is 0 Å². The first-order chi connectivity index (χ1) is 9.34. The monoisotopic (exact) mass is 277 g/mol. The fourth-order valence-electron chi connectivity index (χ4n) is 2.33. The van der Waals surface area contributed by atoms with Crippen LogP contribution in [0.5, 0.6) is 0 Å². The minimum absolute atomic E-state index is 0.00263. The molecule has 0 aliphatic heterocycles. The summed E-state index contributed by atoms with van der Waals surface area (Å²) in [4.78, 5) is 23.5. The largest absolute Gasteiger partial charge is 0.481 e. The number of carboxylic acid groups (broad SMARTS) is 1. The predicted octanol–water partition coefficient (Wildman–Crippen LogP) is 3.52. The van der Waals surface area contributed by atoms with E-state index < -0.39 is 11.4 Å². The first-order valence-corrected chi connectivity index (χ1v) is 6.95. The number of carboxylic acids is 1. The van der Waals surface area contributed by atoms with Gasteiger partial charge >= 0.3 is 5.97 Å². The van der Waals surface area contributed by atoms with Gasteiger partial charge in [-0.15, -0.1) is 0 Å². The van der Waals surface area contributed by atoms with Gasteiger partial charge in [0.25, 0.3) is 0 Å². The number of rotatable bonds is 6. The zero-order chi connectivity index (χ0) is 15.3. The molecule has 0 aliphatic carbocycles. The van der Waals surface area contributed by atoms with E-state index in [0.717, 1.165) is 16.8 Å². The van der Waals surface area contributed by atoms with E-state index in [9.17, 15) is 14.7 Å². The van der Waals surface area contributed by atoms with Crippen molar-refractivity contribution in [2.45, 2.75) is 47.0 Å². The first-order valence-electron chi connectivity index (χ1n) is 6.95. The molecule has 4 nitrogen and oxygen atoms in total. The van der Waals surface area contributed by atoms with Crippen LogP contribution >= 0.6 is 0 Å². The molecule has 110 valence electrons. The molecular formula is C16H23NO3. The van der Waals surface area contributed by atoms with Gasteiger partial charge in [-0.2, -0.15) is 0 Å². The molecule has 4 heteroatoms. The van der Waals surface area contributed by atoms with E-state index in [2.05, 4.69) is 5.32 Å². The van der Waals surface area contributed by atoms with Crippen molar-refractivity contribution in [2.24, 2.45) is 5.41 Å². The molecule has 0 fully saturated rings. The van der Waals surface area contributed by atoms with Crippen LogP contribution in [0.1, 0.15) is 44.2 Å². The average molecular weight is 277 g/mol. The molecule has 0 bridgehead atoms. The Bertz CT molecular complexity index is 504. The molecular weight excluding hydrogens is 254 g/mol. The lowest BCUT2D eigenvalue weighted by atomic mass is 9.79. The van der Waals surface area contributed by atoms with Gasteiger partial charge in [0.15, 0.2) is 0 Å². The van der Waals surface area contributed by atoms with E-state index in [0.29, 0.717) is 12.8 Å². The van der Waals surface area contributed by atoms with Gasteiger partial charge in [-0.3, -0.25) is 9.59 Å². The SMILES string of the molecule is CCC(CC)(CC(=O)Nc1ccc(C)cc1C)C(=O)O. The number of nitrogens with one attached hydrogen (secondary N) is 1. The molecule has 1 rings (SSSR count). The highest BCUT2D eigenvalue weighted by Gasteiger charge is 2.37. The normalized spacial score (nSPS) is 11.2. The number of aliphatic carboxylic acids is 1. The van der Waals surface area contributed by atoms with Gasteiger partial charge in [0.2, 0.25) is 5.91 Å². The summed E-state index contributed by atoms with van der Waals surface area (Å²) < 4.78 is 0. The molecule has 0 atom stereocenters. The third-order valence-corrected chi connectivity index (χ3v) is 3.96. The number of anilines is 1. The number of hydrogen-bond acceptors (Lipinski definition) is 2. The molecule has 20 heavy (non-hydrogen) atoms. The van der Waals surface area contributed by atoms with Crippen LogP contribution in [0.25, 0.3) is 0 Å². The van der Waals surface area contributed by atoms with E-state index in [1.807, 2.05) is 45.9 Å². The second-order valence-corrected chi connectivity index (χ2v) is 5.34. The van der Waals surface area contributed by atoms with E-state index in [1.54, 1.807) is 0 Å². The minimum atomic E-state index is -0.970. The fourth-order valence-corrected chi connectivity index (χ4v) is 2.33. The molecule has 0 heterocycles. The van der Waals surface area contributed by atoms with Gasteiger partial charge in [0, 0.05) is 12.1 Å². The Morgan fingerprint density at radius 1 is 1.20 bits per heavy atom. The fraction of sp³-hybridized carbons (Fsp3) is 0.500. The van der Waals surface area contributed by atoms with Crippen LogP contribution in [0.15, 0.2) is 18.2 Å². The van der Waals surface area contributed by atoms with E-state index in [4.69, 9.17) is 0 Å². The summed E-state index contributed by atoms with van der Waals surface area (Å²) in [5, 5.41) is 12.2. The van der Waals surface area contributed by atoms with Gasteiger partial charge in [-0.25, -0.2) is 0 Å². The number of amides is 1. The third-order valence-electron chi connectivity index (χ3n) is 3.96. The molecule has 0 spiro atoms. The molecule has 0 saturated heterocycles. The van der Waals surface area contributed by atoms with Crippen molar-refractivity contribution in [3.05, 3.63) is 29.3 Å². The van der Waals surface area contributed by atoms with Gasteiger partial charge in [0.05, 0.1) is 5.41 Å². The zero-order valence-corrected chi connectivity index (χ0v) is 12.6.